The molecule has 0 aromatic heterocycles. The van der Waals surface area contributed by atoms with Crippen molar-refractivity contribution >= 4 is 16.5 Å². The lowest BCUT2D eigenvalue weighted by Gasteiger charge is -2.09. The van der Waals surface area contributed by atoms with Crippen molar-refractivity contribution in [2.45, 2.75) is 6.42 Å². The number of anilines is 1. The first-order valence-corrected chi connectivity index (χ1v) is 6.60. The minimum atomic E-state index is 0.978. The maximum Gasteiger partial charge on any atom is 0.0344 e. The minimum Gasteiger partial charge on any atom is -0.388 e. The summed E-state index contributed by atoms with van der Waals surface area (Å²) >= 11 is 0. The lowest BCUT2D eigenvalue weighted by Crippen LogP contribution is -1.92. The highest BCUT2D eigenvalue weighted by atomic mass is 14.8. The zero-order chi connectivity index (χ0) is 13.1. The van der Waals surface area contributed by atoms with Crippen molar-refractivity contribution in [2.24, 2.45) is 0 Å². The lowest BCUT2D eigenvalue weighted by atomic mass is 9.98. The molecule has 19 heavy (non-hydrogen) atoms. The van der Waals surface area contributed by atoms with Crippen LogP contribution in [0, 0.1) is 0 Å². The second kappa shape index (κ2) is 5.15. The summed E-state index contributed by atoms with van der Waals surface area (Å²) in [7, 11) is 1.96. The summed E-state index contributed by atoms with van der Waals surface area (Å²) < 4.78 is 0. The fraction of sp³-hybridized carbons (Fsp3) is 0.111. The summed E-state index contributed by atoms with van der Waals surface area (Å²) in [5.41, 5.74) is 3.89. The Labute approximate surface area is 113 Å². The lowest BCUT2D eigenvalue weighted by molar-refractivity contribution is 1.21. The quantitative estimate of drug-likeness (QED) is 0.720. The minimum absolute atomic E-state index is 0.978. The Kier molecular flexibility index (Phi) is 3.20. The molecule has 0 radical (unpaired) electrons. The van der Waals surface area contributed by atoms with Crippen LogP contribution < -0.4 is 5.32 Å². The Morgan fingerprint density at radius 1 is 0.842 bits per heavy atom. The van der Waals surface area contributed by atoms with Crippen LogP contribution in [0.3, 0.4) is 0 Å². The van der Waals surface area contributed by atoms with Crippen LogP contribution in [0.5, 0.6) is 0 Å². The van der Waals surface area contributed by atoms with Crippen LogP contribution >= 0.6 is 0 Å². The number of hydrogen-bond donors (Lipinski definition) is 1. The van der Waals surface area contributed by atoms with E-state index in [0.717, 1.165) is 12.1 Å². The topological polar surface area (TPSA) is 12.0 Å². The van der Waals surface area contributed by atoms with Crippen molar-refractivity contribution in [2.75, 3.05) is 12.4 Å². The highest BCUT2D eigenvalue weighted by Crippen LogP contribution is 2.24. The van der Waals surface area contributed by atoms with Gasteiger partial charge in [-0.25, -0.2) is 0 Å². The molecule has 0 amide bonds. The third kappa shape index (κ3) is 2.45. The molecule has 0 heterocycles. The van der Waals surface area contributed by atoms with Crippen LogP contribution in [0.2, 0.25) is 0 Å². The number of nitrogens with one attached hydrogen (secondary N) is 1. The van der Waals surface area contributed by atoms with E-state index in [1.807, 2.05) is 7.05 Å². The number of benzene rings is 3. The van der Waals surface area contributed by atoms with E-state index in [4.69, 9.17) is 0 Å². The van der Waals surface area contributed by atoms with Crippen LogP contribution in [0.1, 0.15) is 11.1 Å². The molecule has 0 fully saturated rings. The average Bonchev–Trinajstić information content (AvgIpc) is 2.48. The molecule has 0 saturated carbocycles. The summed E-state index contributed by atoms with van der Waals surface area (Å²) in [6, 6.07) is 23.7. The molecule has 0 aliphatic heterocycles. The Morgan fingerprint density at radius 2 is 1.68 bits per heavy atom. The summed E-state index contributed by atoms with van der Waals surface area (Å²) in [4.78, 5) is 0. The Hall–Kier alpha value is -2.28. The first-order chi connectivity index (χ1) is 9.36. The molecule has 3 rings (SSSR count). The van der Waals surface area contributed by atoms with Crippen molar-refractivity contribution in [1.82, 2.24) is 0 Å². The van der Waals surface area contributed by atoms with Gasteiger partial charge in [-0.1, -0.05) is 54.6 Å². The molecular formula is C18H17N. The van der Waals surface area contributed by atoms with Gasteiger partial charge in [0.2, 0.25) is 0 Å². The predicted octanol–water partition coefficient (Wildman–Crippen LogP) is 4.47. The van der Waals surface area contributed by atoms with Crippen molar-refractivity contribution in [1.29, 1.82) is 0 Å². The molecule has 0 aliphatic rings. The Morgan fingerprint density at radius 3 is 2.47 bits per heavy atom. The molecule has 0 aliphatic carbocycles. The molecule has 1 heteroatoms. The summed E-state index contributed by atoms with van der Waals surface area (Å²) in [6.07, 6.45) is 0.978. The maximum absolute atomic E-state index is 3.21. The summed E-state index contributed by atoms with van der Waals surface area (Å²) in [5.74, 6) is 0. The molecule has 0 unspecified atom stereocenters. The monoisotopic (exact) mass is 247 g/mol. The second-order valence-corrected chi connectivity index (χ2v) is 4.77. The SMILES string of the molecule is CNc1ccc2cccc(Cc3ccccc3)c2c1. The summed E-state index contributed by atoms with van der Waals surface area (Å²) in [5, 5.41) is 5.84. The third-order valence-corrected chi connectivity index (χ3v) is 3.50. The van der Waals surface area contributed by atoms with Crippen LogP contribution in [-0.2, 0) is 6.42 Å². The maximum atomic E-state index is 3.21. The van der Waals surface area contributed by atoms with E-state index in [1.54, 1.807) is 0 Å². The van der Waals surface area contributed by atoms with E-state index in [9.17, 15) is 0 Å². The van der Waals surface area contributed by atoms with Crippen molar-refractivity contribution in [3.05, 3.63) is 77.9 Å². The van der Waals surface area contributed by atoms with Crippen molar-refractivity contribution < 1.29 is 0 Å². The molecule has 0 bridgehead atoms. The van der Waals surface area contributed by atoms with Gasteiger partial charge in [-0.3, -0.25) is 0 Å². The molecule has 3 aromatic rings. The largest absolute Gasteiger partial charge is 0.388 e. The molecule has 94 valence electrons. The van der Waals surface area contributed by atoms with E-state index >= 15 is 0 Å². The highest BCUT2D eigenvalue weighted by molar-refractivity contribution is 5.88. The van der Waals surface area contributed by atoms with E-state index in [2.05, 4.69) is 72.0 Å². The molecule has 3 aromatic carbocycles. The second-order valence-electron chi connectivity index (χ2n) is 4.77. The predicted molar refractivity (Wildman–Crippen MR) is 82.7 cm³/mol. The van der Waals surface area contributed by atoms with Gasteiger partial charge in [-0.15, -0.1) is 0 Å². The van der Waals surface area contributed by atoms with E-state index in [-0.39, 0.29) is 0 Å². The smallest absolute Gasteiger partial charge is 0.0344 e. The first-order valence-electron chi connectivity index (χ1n) is 6.60. The Balaban J connectivity index is 2.07. The molecule has 0 atom stereocenters. The van der Waals surface area contributed by atoms with Gasteiger partial charge in [0.05, 0.1) is 0 Å². The molecule has 1 N–H and O–H groups in total. The van der Waals surface area contributed by atoms with Crippen LogP contribution in [-0.4, -0.2) is 7.05 Å². The van der Waals surface area contributed by atoms with Gasteiger partial charge >= 0.3 is 0 Å². The van der Waals surface area contributed by atoms with Gasteiger partial charge in [0.1, 0.15) is 0 Å². The van der Waals surface area contributed by atoms with Gasteiger partial charge in [-0.05, 0) is 40.5 Å². The van der Waals surface area contributed by atoms with Gasteiger partial charge < -0.3 is 5.32 Å². The van der Waals surface area contributed by atoms with E-state index < -0.39 is 0 Å². The van der Waals surface area contributed by atoms with Gasteiger partial charge in [0.25, 0.3) is 0 Å². The van der Waals surface area contributed by atoms with E-state index in [0.29, 0.717) is 0 Å². The molecular weight excluding hydrogens is 230 g/mol. The third-order valence-electron chi connectivity index (χ3n) is 3.50. The van der Waals surface area contributed by atoms with Crippen molar-refractivity contribution in [3.63, 3.8) is 0 Å². The normalized spacial score (nSPS) is 10.6. The van der Waals surface area contributed by atoms with Crippen LogP contribution in [0.15, 0.2) is 66.7 Å². The molecule has 0 spiro atoms. The van der Waals surface area contributed by atoms with Gasteiger partial charge in [-0.2, -0.15) is 0 Å². The fourth-order valence-corrected chi connectivity index (χ4v) is 2.46. The average molecular weight is 247 g/mol. The number of rotatable bonds is 3. The van der Waals surface area contributed by atoms with Crippen LogP contribution in [0.4, 0.5) is 5.69 Å². The standard InChI is InChI=1S/C18H17N/c1-19-17-11-10-15-8-5-9-16(18(15)13-17)12-14-6-3-2-4-7-14/h2-11,13,19H,12H2,1H3. The molecule has 1 nitrogen and oxygen atoms in total. The highest BCUT2D eigenvalue weighted by Gasteiger charge is 2.03. The zero-order valence-electron chi connectivity index (χ0n) is 11.1. The fourth-order valence-electron chi connectivity index (χ4n) is 2.46. The summed E-state index contributed by atoms with van der Waals surface area (Å²) in [6.45, 7) is 0. The van der Waals surface area contributed by atoms with E-state index in [1.165, 1.54) is 21.9 Å². The number of fused-ring (bicyclic) bond motifs is 1. The van der Waals surface area contributed by atoms with Gasteiger partial charge in [0, 0.05) is 12.7 Å². The van der Waals surface area contributed by atoms with Crippen molar-refractivity contribution in [3.8, 4) is 0 Å². The van der Waals surface area contributed by atoms with Gasteiger partial charge in [0.15, 0.2) is 0 Å². The molecule has 0 saturated heterocycles. The Bertz CT molecular complexity index is 686. The number of hydrogen-bond acceptors (Lipinski definition) is 1. The zero-order valence-corrected chi connectivity index (χ0v) is 11.1. The van der Waals surface area contributed by atoms with Crippen LogP contribution in [0.25, 0.3) is 10.8 Å². The first kappa shape index (κ1) is 11.8.